The Hall–Kier alpha value is -1.89. The third kappa shape index (κ3) is 3.35. The number of nitrogens with zero attached hydrogens (tertiary/aromatic N) is 3. The molecule has 0 bridgehead atoms. The van der Waals surface area contributed by atoms with Crippen LogP contribution in [0.1, 0.15) is 14.5 Å². The van der Waals surface area contributed by atoms with E-state index in [9.17, 15) is 4.79 Å². The highest BCUT2D eigenvalue weighted by atomic mass is 32.1. The minimum absolute atomic E-state index is 0.161. The molecule has 0 saturated carbocycles. The van der Waals surface area contributed by atoms with Crippen molar-refractivity contribution in [1.82, 2.24) is 4.90 Å². The smallest absolute Gasteiger partial charge is 0.345 e. The van der Waals surface area contributed by atoms with E-state index < -0.39 is 5.97 Å². The van der Waals surface area contributed by atoms with Gasteiger partial charge in [0.1, 0.15) is 4.88 Å². The molecule has 6 heteroatoms. The van der Waals surface area contributed by atoms with Gasteiger partial charge in [-0.1, -0.05) is 0 Å². The van der Waals surface area contributed by atoms with Crippen molar-refractivity contribution < 1.29 is 9.90 Å². The molecule has 82 valence electrons. The third-order valence-electron chi connectivity index (χ3n) is 1.84. The number of hydrogen-bond donors (Lipinski definition) is 1. The maximum absolute atomic E-state index is 10.6. The SMILES string of the molecule is N#CCN(CC#N)Cc1ccc(C(=O)O)s1. The van der Waals surface area contributed by atoms with Crippen molar-refractivity contribution >= 4 is 17.3 Å². The molecule has 1 aromatic heterocycles. The molecule has 0 amide bonds. The molecule has 0 atom stereocenters. The van der Waals surface area contributed by atoms with Gasteiger partial charge in [0.05, 0.1) is 25.2 Å². The molecule has 1 aromatic rings. The number of carbonyl (C=O) groups is 1. The van der Waals surface area contributed by atoms with Crippen molar-refractivity contribution in [2.24, 2.45) is 0 Å². The fraction of sp³-hybridized carbons (Fsp3) is 0.300. The highest BCUT2D eigenvalue weighted by molar-refractivity contribution is 7.13. The van der Waals surface area contributed by atoms with Crippen molar-refractivity contribution in [2.75, 3.05) is 13.1 Å². The van der Waals surface area contributed by atoms with E-state index in [1.165, 1.54) is 6.07 Å². The van der Waals surface area contributed by atoms with Gasteiger partial charge in [0.25, 0.3) is 0 Å². The summed E-state index contributed by atoms with van der Waals surface area (Å²) < 4.78 is 0. The Morgan fingerprint density at radius 1 is 1.38 bits per heavy atom. The molecular weight excluding hydrogens is 226 g/mol. The average molecular weight is 235 g/mol. The molecule has 0 aromatic carbocycles. The van der Waals surface area contributed by atoms with Crippen LogP contribution in [0, 0.1) is 22.7 Å². The van der Waals surface area contributed by atoms with E-state index in [0.717, 1.165) is 16.2 Å². The van der Waals surface area contributed by atoms with Gasteiger partial charge in [0.15, 0.2) is 0 Å². The van der Waals surface area contributed by atoms with Crippen LogP contribution in [0.5, 0.6) is 0 Å². The molecule has 0 unspecified atom stereocenters. The van der Waals surface area contributed by atoms with Crippen LogP contribution < -0.4 is 0 Å². The highest BCUT2D eigenvalue weighted by Crippen LogP contribution is 2.18. The number of thiophene rings is 1. The summed E-state index contributed by atoms with van der Waals surface area (Å²) in [6.45, 7) is 0.751. The van der Waals surface area contributed by atoms with Crippen LogP contribution in [-0.4, -0.2) is 29.1 Å². The summed E-state index contributed by atoms with van der Waals surface area (Å²) in [5, 5.41) is 25.8. The maximum Gasteiger partial charge on any atom is 0.345 e. The summed E-state index contributed by atoms with van der Waals surface area (Å²) in [4.78, 5) is 13.4. The Labute approximate surface area is 96.8 Å². The lowest BCUT2D eigenvalue weighted by molar-refractivity contribution is 0.0702. The van der Waals surface area contributed by atoms with Crippen LogP contribution in [0.15, 0.2) is 12.1 Å². The Morgan fingerprint density at radius 3 is 2.44 bits per heavy atom. The molecule has 5 nitrogen and oxygen atoms in total. The fourth-order valence-corrected chi connectivity index (χ4v) is 2.05. The monoisotopic (exact) mass is 235 g/mol. The van der Waals surface area contributed by atoms with Gasteiger partial charge in [0, 0.05) is 11.4 Å². The van der Waals surface area contributed by atoms with Gasteiger partial charge >= 0.3 is 5.97 Å². The second-order valence-corrected chi connectivity index (χ2v) is 4.20. The molecule has 1 rings (SSSR count). The Balaban J connectivity index is 2.67. The molecule has 0 aliphatic carbocycles. The molecular formula is C10H9N3O2S. The summed E-state index contributed by atoms with van der Waals surface area (Å²) in [7, 11) is 0. The second-order valence-electron chi connectivity index (χ2n) is 3.03. The zero-order valence-corrected chi connectivity index (χ0v) is 9.20. The molecule has 1 heterocycles. The van der Waals surface area contributed by atoms with Crippen LogP contribution >= 0.6 is 11.3 Å². The van der Waals surface area contributed by atoms with E-state index >= 15 is 0 Å². The van der Waals surface area contributed by atoms with Gasteiger partial charge < -0.3 is 5.11 Å². The summed E-state index contributed by atoms with van der Waals surface area (Å²) in [6, 6.07) is 7.16. The molecule has 16 heavy (non-hydrogen) atoms. The second kappa shape index (κ2) is 5.86. The minimum atomic E-state index is -0.955. The first-order valence-electron chi connectivity index (χ1n) is 4.45. The Bertz CT molecular complexity index is 439. The van der Waals surface area contributed by atoms with Crippen LogP contribution in [0.4, 0.5) is 0 Å². The first kappa shape index (κ1) is 12.2. The molecule has 0 spiro atoms. The fourth-order valence-electron chi connectivity index (χ4n) is 1.17. The Morgan fingerprint density at radius 2 is 2.00 bits per heavy atom. The molecule has 0 radical (unpaired) electrons. The lowest BCUT2D eigenvalue weighted by atomic mass is 10.4. The van der Waals surface area contributed by atoms with Crippen LogP contribution in [0.2, 0.25) is 0 Å². The summed E-state index contributed by atoms with van der Waals surface area (Å²) in [6.07, 6.45) is 0. The van der Waals surface area contributed by atoms with Crippen molar-refractivity contribution in [1.29, 1.82) is 10.5 Å². The molecule has 0 saturated heterocycles. The maximum atomic E-state index is 10.6. The largest absolute Gasteiger partial charge is 0.477 e. The third-order valence-corrected chi connectivity index (χ3v) is 2.90. The van der Waals surface area contributed by atoms with E-state index in [-0.39, 0.29) is 18.0 Å². The quantitative estimate of drug-likeness (QED) is 0.777. The lowest BCUT2D eigenvalue weighted by Crippen LogP contribution is -2.23. The Kier molecular flexibility index (Phi) is 4.46. The summed E-state index contributed by atoms with van der Waals surface area (Å²) in [5.41, 5.74) is 0. The van der Waals surface area contributed by atoms with Crippen molar-refractivity contribution in [3.05, 3.63) is 21.9 Å². The standard InChI is InChI=1S/C10H9N3O2S/c11-3-5-13(6-4-12)7-8-1-2-9(16-8)10(14)15/h1-2H,5-7H2,(H,14,15). The number of aromatic carboxylic acids is 1. The van der Waals surface area contributed by atoms with E-state index in [1.807, 2.05) is 12.1 Å². The van der Waals surface area contributed by atoms with Gasteiger partial charge in [-0.05, 0) is 12.1 Å². The first-order valence-corrected chi connectivity index (χ1v) is 5.27. The summed E-state index contributed by atoms with van der Waals surface area (Å²) >= 11 is 1.16. The van der Waals surface area contributed by atoms with Gasteiger partial charge in [-0.15, -0.1) is 11.3 Å². The van der Waals surface area contributed by atoms with Crippen LogP contribution in [-0.2, 0) is 6.54 Å². The zero-order valence-electron chi connectivity index (χ0n) is 8.38. The van der Waals surface area contributed by atoms with E-state index in [4.69, 9.17) is 15.6 Å². The number of carboxylic acid groups (broad SMARTS) is 1. The minimum Gasteiger partial charge on any atom is -0.477 e. The molecule has 0 aliphatic rings. The average Bonchev–Trinajstić information content (AvgIpc) is 2.67. The number of rotatable bonds is 5. The summed E-state index contributed by atoms with van der Waals surface area (Å²) in [5.74, 6) is -0.955. The van der Waals surface area contributed by atoms with Crippen LogP contribution in [0.25, 0.3) is 0 Å². The lowest BCUT2D eigenvalue weighted by Gasteiger charge is -2.13. The van der Waals surface area contributed by atoms with Crippen molar-refractivity contribution in [3.8, 4) is 12.1 Å². The topological polar surface area (TPSA) is 88.1 Å². The van der Waals surface area contributed by atoms with Gasteiger partial charge in [-0.2, -0.15) is 10.5 Å². The van der Waals surface area contributed by atoms with Crippen LogP contribution in [0.3, 0.4) is 0 Å². The number of carboxylic acids is 1. The highest BCUT2D eigenvalue weighted by Gasteiger charge is 2.10. The van der Waals surface area contributed by atoms with Gasteiger partial charge in [0.2, 0.25) is 0 Å². The zero-order chi connectivity index (χ0) is 12.0. The number of hydrogen-bond acceptors (Lipinski definition) is 5. The van der Waals surface area contributed by atoms with Gasteiger partial charge in [-0.3, -0.25) is 4.90 Å². The molecule has 0 fully saturated rings. The van der Waals surface area contributed by atoms with E-state index in [1.54, 1.807) is 11.0 Å². The molecule has 1 N–H and O–H groups in total. The van der Waals surface area contributed by atoms with E-state index in [0.29, 0.717) is 6.54 Å². The predicted octanol–water partition coefficient (Wildman–Crippen LogP) is 1.30. The normalized spacial score (nSPS) is 9.69. The van der Waals surface area contributed by atoms with Gasteiger partial charge in [-0.25, -0.2) is 4.79 Å². The van der Waals surface area contributed by atoms with Crippen molar-refractivity contribution in [3.63, 3.8) is 0 Å². The van der Waals surface area contributed by atoms with E-state index in [2.05, 4.69) is 0 Å². The molecule has 0 aliphatic heterocycles. The number of nitriles is 2. The van der Waals surface area contributed by atoms with Crippen molar-refractivity contribution in [2.45, 2.75) is 6.54 Å². The predicted molar refractivity (Wildman–Crippen MR) is 57.8 cm³/mol. The first-order chi connectivity index (χ1) is 7.67.